The van der Waals surface area contributed by atoms with Crippen LogP contribution < -0.4 is 11.2 Å². The number of hydrogen-bond donors (Lipinski definition) is 2. The van der Waals surface area contributed by atoms with E-state index in [1.54, 1.807) is 30.9 Å². The summed E-state index contributed by atoms with van der Waals surface area (Å²) in [6.07, 6.45) is 6.12. The number of nitrogens with zero attached hydrogens (tertiary/aromatic N) is 4. The summed E-state index contributed by atoms with van der Waals surface area (Å²) in [6, 6.07) is 17.9. The van der Waals surface area contributed by atoms with Crippen LogP contribution in [0.15, 0.2) is 73.2 Å². The first-order valence-electron chi connectivity index (χ1n) is 14.0. The number of carbonyl (C=O) groups excluding carboxylic acids is 3. The summed E-state index contributed by atoms with van der Waals surface area (Å²) in [5, 5.41) is 3.87. The first-order valence-corrected chi connectivity index (χ1v) is 14.0. The number of anilines is 1. The SMILES string of the molecule is CC1CCN(C(=O)C(c2ccccc2)n2cnc(NC(=O)[C@@H](CCc3ccccc3)N(N)C(=O)C(C)C)c2)CC1. The molecule has 0 aliphatic carbocycles. The van der Waals surface area contributed by atoms with Gasteiger partial charge in [-0.3, -0.25) is 19.4 Å². The first-order chi connectivity index (χ1) is 19.2. The highest BCUT2D eigenvalue weighted by atomic mass is 16.2. The van der Waals surface area contributed by atoms with Gasteiger partial charge in [-0.25, -0.2) is 10.8 Å². The molecular weight excluding hydrogens is 504 g/mol. The predicted octanol–water partition coefficient (Wildman–Crippen LogP) is 4.03. The number of piperidine rings is 1. The van der Waals surface area contributed by atoms with E-state index in [2.05, 4.69) is 17.2 Å². The quantitative estimate of drug-likeness (QED) is 0.227. The molecule has 1 saturated heterocycles. The number of likely N-dealkylation sites (tertiary alicyclic amines) is 1. The summed E-state index contributed by atoms with van der Waals surface area (Å²) in [5.74, 6) is 6.00. The van der Waals surface area contributed by atoms with Crippen LogP contribution >= 0.6 is 0 Å². The van der Waals surface area contributed by atoms with E-state index in [-0.39, 0.29) is 17.7 Å². The Morgan fingerprint density at radius 3 is 2.27 bits per heavy atom. The zero-order valence-corrected chi connectivity index (χ0v) is 23.6. The largest absolute Gasteiger partial charge is 0.341 e. The molecule has 1 unspecified atom stereocenters. The smallest absolute Gasteiger partial charge is 0.250 e. The van der Waals surface area contributed by atoms with E-state index in [0.29, 0.717) is 24.6 Å². The molecule has 1 fully saturated rings. The number of hydrogen-bond acceptors (Lipinski definition) is 5. The highest BCUT2D eigenvalue weighted by Crippen LogP contribution is 2.26. The number of carbonyl (C=O) groups is 3. The van der Waals surface area contributed by atoms with Crippen molar-refractivity contribution in [1.82, 2.24) is 19.5 Å². The summed E-state index contributed by atoms with van der Waals surface area (Å²) in [5.41, 5.74) is 1.89. The van der Waals surface area contributed by atoms with Gasteiger partial charge in [-0.15, -0.1) is 0 Å². The van der Waals surface area contributed by atoms with Crippen LogP contribution in [0.1, 0.15) is 57.2 Å². The van der Waals surface area contributed by atoms with Gasteiger partial charge in [-0.1, -0.05) is 81.4 Å². The lowest BCUT2D eigenvalue weighted by Crippen LogP contribution is -2.53. The Hall–Kier alpha value is -3.98. The zero-order valence-electron chi connectivity index (χ0n) is 23.6. The maximum Gasteiger partial charge on any atom is 0.250 e. The summed E-state index contributed by atoms with van der Waals surface area (Å²) < 4.78 is 1.74. The molecule has 2 aromatic carbocycles. The van der Waals surface area contributed by atoms with Crippen molar-refractivity contribution in [2.24, 2.45) is 17.7 Å². The number of imidazole rings is 1. The lowest BCUT2D eigenvalue weighted by atomic mass is 9.97. The first kappa shape index (κ1) is 29.0. The Morgan fingerprint density at radius 2 is 1.65 bits per heavy atom. The van der Waals surface area contributed by atoms with Gasteiger partial charge in [0.1, 0.15) is 12.1 Å². The molecule has 3 N–H and O–H groups in total. The van der Waals surface area contributed by atoms with E-state index >= 15 is 0 Å². The third-order valence-corrected chi connectivity index (χ3v) is 7.53. The molecule has 1 aliphatic heterocycles. The minimum atomic E-state index is -0.887. The fourth-order valence-electron chi connectivity index (χ4n) is 5.03. The van der Waals surface area contributed by atoms with Crippen LogP contribution in [0.5, 0.6) is 0 Å². The van der Waals surface area contributed by atoms with Crippen LogP contribution in [0.2, 0.25) is 0 Å². The van der Waals surface area contributed by atoms with Gasteiger partial charge in [0, 0.05) is 25.2 Å². The maximum absolute atomic E-state index is 13.7. The molecule has 3 aromatic rings. The molecule has 0 spiro atoms. The van der Waals surface area contributed by atoms with Gasteiger partial charge in [0.15, 0.2) is 5.82 Å². The average Bonchev–Trinajstić information content (AvgIpc) is 3.41. The zero-order chi connectivity index (χ0) is 28.6. The van der Waals surface area contributed by atoms with Crippen molar-refractivity contribution < 1.29 is 14.4 Å². The minimum Gasteiger partial charge on any atom is -0.341 e. The van der Waals surface area contributed by atoms with Gasteiger partial charge >= 0.3 is 0 Å². The van der Waals surface area contributed by atoms with Crippen LogP contribution in [0.25, 0.3) is 0 Å². The normalized spacial score (nSPS) is 15.5. The second kappa shape index (κ2) is 13.4. The number of aromatic nitrogens is 2. The fourth-order valence-corrected chi connectivity index (χ4v) is 5.03. The monoisotopic (exact) mass is 544 g/mol. The van der Waals surface area contributed by atoms with Crippen LogP contribution in [0.4, 0.5) is 5.82 Å². The molecule has 2 atom stereocenters. The third kappa shape index (κ3) is 7.15. The second-order valence-electron chi connectivity index (χ2n) is 11.0. The minimum absolute atomic E-state index is 0.00442. The van der Waals surface area contributed by atoms with Crippen molar-refractivity contribution in [3.8, 4) is 0 Å². The molecule has 3 amide bonds. The highest BCUT2D eigenvalue weighted by molar-refractivity contribution is 5.96. The molecule has 40 heavy (non-hydrogen) atoms. The van der Waals surface area contributed by atoms with Crippen molar-refractivity contribution in [2.75, 3.05) is 18.4 Å². The number of amides is 3. The van der Waals surface area contributed by atoms with Crippen molar-refractivity contribution in [3.63, 3.8) is 0 Å². The summed E-state index contributed by atoms with van der Waals surface area (Å²) >= 11 is 0. The van der Waals surface area contributed by atoms with E-state index in [1.165, 1.54) is 0 Å². The summed E-state index contributed by atoms with van der Waals surface area (Å²) in [4.78, 5) is 46.2. The topological polar surface area (TPSA) is 114 Å². The Kier molecular flexibility index (Phi) is 9.71. The summed E-state index contributed by atoms with van der Waals surface area (Å²) in [6.45, 7) is 7.16. The molecule has 1 aliphatic rings. The van der Waals surface area contributed by atoms with Crippen molar-refractivity contribution in [2.45, 2.75) is 58.5 Å². The Bertz CT molecular complexity index is 1270. The van der Waals surface area contributed by atoms with Gasteiger partial charge in [-0.2, -0.15) is 0 Å². The average molecular weight is 545 g/mol. The summed E-state index contributed by atoms with van der Waals surface area (Å²) in [7, 11) is 0. The molecular formula is C31H40N6O3. The van der Waals surface area contributed by atoms with Crippen LogP contribution in [0.3, 0.4) is 0 Å². The van der Waals surface area contributed by atoms with E-state index in [0.717, 1.165) is 42.1 Å². The Morgan fingerprint density at radius 1 is 1.02 bits per heavy atom. The van der Waals surface area contributed by atoms with Crippen molar-refractivity contribution in [1.29, 1.82) is 0 Å². The van der Waals surface area contributed by atoms with Crippen molar-refractivity contribution >= 4 is 23.5 Å². The number of benzene rings is 2. The number of nitrogens with two attached hydrogens (primary N) is 1. The maximum atomic E-state index is 13.7. The Balaban J connectivity index is 1.54. The second-order valence-corrected chi connectivity index (χ2v) is 11.0. The fraction of sp³-hybridized carbons (Fsp3) is 0.419. The van der Waals surface area contributed by atoms with Gasteiger partial charge in [0.2, 0.25) is 17.7 Å². The van der Waals surface area contributed by atoms with Crippen LogP contribution in [0, 0.1) is 11.8 Å². The van der Waals surface area contributed by atoms with Gasteiger partial charge in [-0.05, 0) is 42.7 Å². The van der Waals surface area contributed by atoms with E-state index in [4.69, 9.17) is 5.84 Å². The van der Waals surface area contributed by atoms with Gasteiger partial charge in [0.05, 0.1) is 6.33 Å². The Labute approximate surface area is 236 Å². The van der Waals surface area contributed by atoms with Crippen molar-refractivity contribution in [3.05, 3.63) is 84.3 Å². The van der Waals surface area contributed by atoms with Gasteiger partial charge < -0.3 is 14.8 Å². The molecule has 0 bridgehead atoms. The molecule has 1 aromatic heterocycles. The molecule has 4 rings (SSSR count). The molecule has 0 radical (unpaired) electrons. The van der Waals surface area contributed by atoms with E-state index < -0.39 is 18.0 Å². The van der Waals surface area contributed by atoms with Crippen LogP contribution in [-0.2, 0) is 20.8 Å². The molecule has 9 heteroatoms. The van der Waals surface area contributed by atoms with E-state index in [1.807, 2.05) is 65.6 Å². The van der Waals surface area contributed by atoms with E-state index in [9.17, 15) is 14.4 Å². The number of nitrogens with one attached hydrogen (secondary N) is 1. The predicted molar refractivity (Wildman–Crippen MR) is 155 cm³/mol. The molecule has 0 saturated carbocycles. The number of rotatable bonds is 10. The molecule has 9 nitrogen and oxygen atoms in total. The highest BCUT2D eigenvalue weighted by Gasteiger charge is 2.32. The number of aryl methyl sites for hydroxylation is 1. The van der Waals surface area contributed by atoms with Crippen LogP contribution in [-0.4, -0.2) is 56.3 Å². The van der Waals surface area contributed by atoms with Gasteiger partial charge in [0.25, 0.3) is 0 Å². The lowest BCUT2D eigenvalue weighted by molar-refractivity contribution is -0.141. The third-order valence-electron chi connectivity index (χ3n) is 7.53. The number of hydrazine groups is 1. The lowest BCUT2D eigenvalue weighted by Gasteiger charge is -2.33. The standard InChI is InChI=1S/C31H40N6O3/c1-22(2)30(39)37(32)26(15-14-24-10-6-4-7-11-24)29(38)34-27-20-36(21-33-27)28(25-12-8-5-9-13-25)31(40)35-18-16-23(3)17-19-35/h4-13,20-23,26,28H,14-19,32H2,1-3H3,(H,34,38)/t26-,28?/m1/s1. The molecule has 2 heterocycles. The molecule has 212 valence electrons.